The maximum absolute atomic E-state index is 11.7. The number of ketones is 1. The van der Waals surface area contributed by atoms with Gasteiger partial charge in [-0.3, -0.25) is 4.79 Å². The topological polar surface area (TPSA) is 29.1 Å². The first-order valence-electron chi connectivity index (χ1n) is 5.50. The van der Waals surface area contributed by atoms with Crippen molar-refractivity contribution in [3.63, 3.8) is 0 Å². The summed E-state index contributed by atoms with van der Waals surface area (Å²) in [5, 5.41) is 3.18. The van der Waals surface area contributed by atoms with Crippen molar-refractivity contribution in [1.82, 2.24) is 5.32 Å². The Bertz CT molecular complexity index is 307. The standard InChI is InChI=1S/C13H19NO/c1-4-13(2,3)14-10-9-12(15)11-7-5-6-8-11/h1,7,14H,5-6,8-10H2,2-3H3. The second-order valence-electron chi connectivity index (χ2n) is 4.49. The molecule has 82 valence electrons. The number of nitrogens with one attached hydrogen (secondary N) is 1. The van der Waals surface area contributed by atoms with E-state index in [9.17, 15) is 4.79 Å². The van der Waals surface area contributed by atoms with Crippen molar-refractivity contribution in [2.24, 2.45) is 0 Å². The second-order valence-corrected chi connectivity index (χ2v) is 4.49. The first-order valence-corrected chi connectivity index (χ1v) is 5.50. The first-order chi connectivity index (χ1) is 7.05. The van der Waals surface area contributed by atoms with Crippen LogP contribution >= 0.6 is 0 Å². The van der Waals surface area contributed by atoms with E-state index in [2.05, 4.69) is 17.3 Å². The van der Waals surface area contributed by atoms with Crippen LogP contribution in [0, 0.1) is 12.3 Å². The number of allylic oxidation sites excluding steroid dienone is 2. The predicted octanol–water partition coefficient (Wildman–Crippen LogP) is 2.06. The summed E-state index contributed by atoms with van der Waals surface area (Å²) in [5.74, 6) is 2.92. The zero-order valence-electron chi connectivity index (χ0n) is 9.60. The lowest BCUT2D eigenvalue weighted by atomic mass is 10.1. The Hall–Kier alpha value is -1.07. The SMILES string of the molecule is C#CC(C)(C)NCCC(=O)C1=CCCC1. The minimum atomic E-state index is -0.315. The summed E-state index contributed by atoms with van der Waals surface area (Å²) < 4.78 is 0. The molecule has 0 fully saturated rings. The van der Waals surface area contributed by atoms with E-state index < -0.39 is 0 Å². The number of rotatable bonds is 5. The van der Waals surface area contributed by atoms with Crippen LogP contribution in [0.25, 0.3) is 0 Å². The number of hydrogen-bond acceptors (Lipinski definition) is 2. The summed E-state index contributed by atoms with van der Waals surface area (Å²) in [7, 11) is 0. The van der Waals surface area contributed by atoms with Gasteiger partial charge in [0.05, 0.1) is 5.54 Å². The fourth-order valence-corrected chi connectivity index (χ4v) is 1.62. The molecule has 2 nitrogen and oxygen atoms in total. The van der Waals surface area contributed by atoms with E-state index in [-0.39, 0.29) is 11.3 Å². The molecule has 0 radical (unpaired) electrons. The highest BCUT2D eigenvalue weighted by Gasteiger charge is 2.15. The molecular formula is C13H19NO. The summed E-state index contributed by atoms with van der Waals surface area (Å²) in [6.45, 7) is 4.53. The second kappa shape index (κ2) is 5.14. The molecule has 0 amide bonds. The number of carbonyl (C=O) groups excluding carboxylic acids is 1. The van der Waals surface area contributed by atoms with Crippen molar-refractivity contribution in [1.29, 1.82) is 0 Å². The summed E-state index contributed by atoms with van der Waals surface area (Å²) in [4.78, 5) is 11.7. The van der Waals surface area contributed by atoms with Gasteiger partial charge in [0.2, 0.25) is 0 Å². The van der Waals surface area contributed by atoms with Crippen LogP contribution in [0.3, 0.4) is 0 Å². The van der Waals surface area contributed by atoms with E-state index >= 15 is 0 Å². The Morgan fingerprint density at radius 3 is 2.93 bits per heavy atom. The van der Waals surface area contributed by atoms with Crippen LogP contribution in [0.4, 0.5) is 0 Å². The Morgan fingerprint density at radius 1 is 1.67 bits per heavy atom. The average molecular weight is 205 g/mol. The average Bonchev–Trinajstić information content (AvgIpc) is 2.70. The summed E-state index contributed by atoms with van der Waals surface area (Å²) in [6, 6.07) is 0. The molecule has 0 aromatic heterocycles. The molecule has 0 unspecified atom stereocenters. The van der Waals surface area contributed by atoms with Gasteiger partial charge in [-0.05, 0) is 38.7 Å². The Kier molecular flexibility index (Phi) is 4.11. The van der Waals surface area contributed by atoms with Gasteiger partial charge in [0, 0.05) is 13.0 Å². The van der Waals surface area contributed by atoms with Crippen molar-refractivity contribution in [2.45, 2.75) is 45.1 Å². The third-order valence-corrected chi connectivity index (χ3v) is 2.68. The molecular weight excluding hydrogens is 186 g/mol. The van der Waals surface area contributed by atoms with Crippen molar-refractivity contribution in [3.8, 4) is 12.3 Å². The van der Waals surface area contributed by atoms with E-state index in [1.807, 2.05) is 13.8 Å². The molecule has 1 aliphatic carbocycles. The minimum Gasteiger partial charge on any atom is -0.301 e. The van der Waals surface area contributed by atoms with Crippen LogP contribution in [0.15, 0.2) is 11.6 Å². The molecule has 1 N–H and O–H groups in total. The van der Waals surface area contributed by atoms with Gasteiger partial charge in [-0.25, -0.2) is 0 Å². The molecule has 0 saturated carbocycles. The molecule has 0 heterocycles. The molecule has 0 atom stereocenters. The largest absolute Gasteiger partial charge is 0.301 e. The molecule has 0 spiro atoms. The molecule has 0 aromatic carbocycles. The van der Waals surface area contributed by atoms with Crippen LogP contribution in [0.5, 0.6) is 0 Å². The number of Topliss-reactive ketones (excluding diaryl/α,β-unsaturated/α-hetero) is 1. The van der Waals surface area contributed by atoms with Gasteiger partial charge in [-0.15, -0.1) is 6.42 Å². The monoisotopic (exact) mass is 205 g/mol. The first kappa shape index (κ1) is 12.0. The van der Waals surface area contributed by atoms with Crippen LogP contribution < -0.4 is 5.32 Å². The van der Waals surface area contributed by atoms with Gasteiger partial charge in [0.25, 0.3) is 0 Å². The quantitative estimate of drug-likeness (QED) is 0.696. The van der Waals surface area contributed by atoms with Gasteiger partial charge < -0.3 is 5.32 Å². The maximum Gasteiger partial charge on any atom is 0.159 e. The third-order valence-electron chi connectivity index (χ3n) is 2.68. The van der Waals surface area contributed by atoms with Gasteiger partial charge >= 0.3 is 0 Å². The lowest BCUT2D eigenvalue weighted by molar-refractivity contribution is -0.115. The smallest absolute Gasteiger partial charge is 0.159 e. The Balaban J connectivity index is 2.26. The highest BCUT2D eigenvalue weighted by molar-refractivity contribution is 5.95. The fraction of sp³-hybridized carbons (Fsp3) is 0.615. The summed E-state index contributed by atoms with van der Waals surface area (Å²) >= 11 is 0. The Morgan fingerprint density at radius 2 is 2.40 bits per heavy atom. The molecule has 1 aliphatic rings. The van der Waals surface area contributed by atoms with Crippen LogP contribution in [-0.4, -0.2) is 17.9 Å². The van der Waals surface area contributed by atoms with Gasteiger partial charge in [-0.1, -0.05) is 12.0 Å². The van der Waals surface area contributed by atoms with Gasteiger partial charge in [0.1, 0.15) is 0 Å². The predicted molar refractivity (Wildman–Crippen MR) is 62.5 cm³/mol. The highest BCUT2D eigenvalue weighted by Crippen LogP contribution is 2.19. The lowest BCUT2D eigenvalue weighted by Crippen LogP contribution is -2.38. The van der Waals surface area contributed by atoms with Crippen LogP contribution in [0.1, 0.15) is 39.5 Å². The van der Waals surface area contributed by atoms with E-state index in [1.165, 1.54) is 0 Å². The molecule has 0 aliphatic heterocycles. The lowest BCUT2D eigenvalue weighted by Gasteiger charge is -2.19. The number of carbonyl (C=O) groups is 1. The zero-order valence-corrected chi connectivity index (χ0v) is 9.60. The molecule has 1 rings (SSSR count). The van der Waals surface area contributed by atoms with Gasteiger partial charge in [-0.2, -0.15) is 0 Å². The fourth-order valence-electron chi connectivity index (χ4n) is 1.62. The van der Waals surface area contributed by atoms with Crippen molar-refractivity contribution in [3.05, 3.63) is 11.6 Å². The molecule has 0 bridgehead atoms. The van der Waals surface area contributed by atoms with Crippen molar-refractivity contribution in [2.75, 3.05) is 6.54 Å². The Labute approximate surface area is 92.1 Å². The number of hydrogen-bond donors (Lipinski definition) is 1. The molecule has 0 saturated heterocycles. The normalized spacial score (nSPS) is 15.9. The maximum atomic E-state index is 11.7. The van der Waals surface area contributed by atoms with Crippen molar-refractivity contribution >= 4 is 5.78 Å². The minimum absolute atomic E-state index is 0.271. The van der Waals surface area contributed by atoms with E-state index in [4.69, 9.17) is 6.42 Å². The number of terminal acetylenes is 1. The van der Waals surface area contributed by atoms with Gasteiger partial charge in [0.15, 0.2) is 5.78 Å². The van der Waals surface area contributed by atoms with Crippen LogP contribution in [0.2, 0.25) is 0 Å². The van der Waals surface area contributed by atoms with Crippen LogP contribution in [-0.2, 0) is 4.79 Å². The van der Waals surface area contributed by atoms with E-state index in [1.54, 1.807) is 0 Å². The van der Waals surface area contributed by atoms with Crippen molar-refractivity contribution < 1.29 is 4.79 Å². The molecule has 0 aromatic rings. The summed E-state index contributed by atoms with van der Waals surface area (Å²) in [5.41, 5.74) is 0.694. The highest BCUT2D eigenvalue weighted by atomic mass is 16.1. The molecule has 15 heavy (non-hydrogen) atoms. The third kappa shape index (κ3) is 3.89. The summed E-state index contributed by atoms with van der Waals surface area (Å²) in [6.07, 6.45) is 11.1. The molecule has 2 heteroatoms. The van der Waals surface area contributed by atoms with E-state index in [0.29, 0.717) is 13.0 Å². The van der Waals surface area contributed by atoms with E-state index in [0.717, 1.165) is 24.8 Å². The zero-order chi connectivity index (χ0) is 11.3.